The van der Waals surface area contributed by atoms with Crippen molar-refractivity contribution in [2.75, 3.05) is 11.1 Å². The Morgan fingerprint density at radius 2 is 2.00 bits per heavy atom. The summed E-state index contributed by atoms with van der Waals surface area (Å²) >= 11 is 1.42. The lowest BCUT2D eigenvalue weighted by Gasteiger charge is -2.06. The first-order valence-electron chi connectivity index (χ1n) is 6.64. The summed E-state index contributed by atoms with van der Waals surface area (Å²) in [6, 6.07) is 6.96. The van der Waals surface area contributed by atoms with Gasteiger partial charge in [0, 0.05) is 11.6 Å². The van der Waals surface area contributed by atoms with Gasteiger partial charge >= 0.3 is 0 Å². The molecule has 0 aliphatic heterocycles. The van der Waals surface area contributed by atoms with Crippen LogP contribution in [0.2, 0.25) is 0 Å². The van der Waals surface area contributed by atoms with Gasteiger partial charge in [0.2, 0.25) is 5.13 Å². The second kappa shape index (κ2) is 6.47. The molecule has 0 bridgehead atoms. The van der Waals surface area contributed by atoms with E-state index in [0.717, 1.165) is 17.8 Å². The lowest BCUT2D eigenvalue weighted by Crippen LogP contribution is -2.13. The van der Waals surface area contributed by atoms with Crippen LogP contribution in [-0.4, -0.2) is 16.1 Å². The third-order valence-electron chi connectivity index (χ3n) is 3.20. The third-order valence-corrected chi connectivity index (χ3v) is 4.20. The molecule has 2 rings (SSSR count). The number of carbonyl (C=O) groups is 1. The van der Waals surface area contributed by atoms with Crippen molar-refractivity contribution in [3.63, 3.8) is 0 Å². The van der Waals surface area contributed by atoms with E-state index in [9.17, 15) is 4.79 Å². The quantitative estimate of drug-likeness (QED) is 0.828. The van der Waals surface area contributed by atoms with Crippen LogP contribution in [0.3, 0.4) is 0 Å². The summed E-state index contributed by atoms with van der Waals surface area (Å²) < 4.78 is 0. The molecule has 1 aromatic carbocycles. The third kappa shape index (κ3) is 3.14. The van der Waals surface area contributed by atoms with Gasteiger partial charge < -0.3 is 5.73 Å². The molecular formula is C14H18N4OS. The van der Waals surface area contributed by atoms with Crippen LogP contribution in [0.5, 0.6) is 0 Å². The SMILES string of the molecule is CCC(CC)c1nnc(NC(=O)c2ccccc2N)s1. The van der Waals surface area contributed by atoms with E-state index in [1.165, 1.54) is 11.3 Å². The zero-order chi connectivity index (χ0) is 14.5. The van der Waals surface area contributed by atoms with E-state index in [4.69, 9.17) is 5.73 Å². The number of nitrogens with zero attached hydrogens (tertiary/aromatic N) is 2. The maximum Gasteiger partial charge on any atom is 0.259 e. The predicted molar refractivity (Wildman–Crippen MR) is 82.0 cm³/mol. The minimum Gasteiger partial charge on any atom is -0.398 e. The van der Waals surface area contributed by atoms with Crippen LogP contribution in [0.15, 0.2) is 24.3 Å². The largest absolute Gasteiger partial charge is 0.398 e. The van der Waals surface area contributed by atoms with Gasteiger partial charge in [-0.3, -0.25) is 10.1 Å². The summed E-state index contributed by atoms with van der Waals surface area (Å²) in [5, 5.41) is 12.4. The van der Waals surface area contributed by atoms with Crippen LogP contribution < -0.4 is 11.1 Å². The van der Waals surface area contributed by atoms with Crippen LogP contribution in [0.25, 0.3) is 0 Å². The van der Waals surface area contributed by atoms with Gasteiger partial charge in [-0.2, -0.15) is 0 Å². The molecule has 0 saturated carbocycles. The second-order valence-electron chi connectivity index (χ2n) is 4.50. The highest BCUT2D eigenvalue weighted by Gasteiger charge is 2.16. The fourth-order valence-corrected chi connectivity index (χ4v) is 2.96. The number of aromatic nitrogens is 2. The molecule has 0 spiro atoms. The van der Waals surface area contributed by atoms with Crippen LogP contribution in [0.1, 0.15) is 48.0 Å². The minimum atomic E-state index is -0.254. The van der Waals surface area contributed by atoms with E-state index in [0.29, 0.717) is 22.3 Å². The molecule has 0 fully saturated rings. The molecule has 0 saturated heterocycles. The minimum absolute atomic E-state index is 0.254. The van der Waals surface area contributed by atoms with Gasteiger partial charge in [-0.1, -0.05) is 37.3 Å². The van der Waals surface area contributed by atoms with Gasteiger partial charge in [0.15, 0.2) is 0 Å². The Kier molecular flexibility index (Phi) is 4.68. The Morgan fingerprint density at radius 3 is 2.65 bits per heavy atom. The van der Waals surface area contributed by atoms with Gasteiger partial charge in [-0.05, 0) is 25.0 Å². The van der Waals surface area contributed by atoms with Crippen molar-refractivity contribution in [1.29, 1.82) is 0 Å². The van der Waals surface area contributed by atoms with Gasteiger partial charge in [0.1, 0.15) is 5.01 Å². The monoisotopic (exact) mass is 290 g/mol. The maximum atomic E-state index is 12.1. The Labute approximate surface area is 122 Å². The van der Waals surface area contributed by atoms with Crippen molar-refractivity contribution < 1.29 is 4.79 Å². The number of nitrogen functional groups attached to an aromatic ring is 1. The molecule has 5 nitrogen and oxygen atoms in total. The summed E-state index contributed by atoms with van der Waals surface area (Å²) in [7, 11) is 0. The zero-order valence-electron chi connectivity index (χ0n) is 11.6. The number of anilines is 2. The summed E-state index contributed by atoms with van der Waals surface area (Å²) in [4.78, 5) is 12.1. The van der Waals surface area contributed by atoms with Crippen LogP contribution >= 0.6 is 11.3 Å². The fraction of sp³-hybridized carbons (Fsp3) is 0.357. The fourth-order valence-electron chi connectivity index (χ4n) is 1.96. The van der Waals surface area contributed by atoms with Crippen molar-refractivity contribution in [3.8, 4) is 0 Å². The van der Waals surface area contributed by atoms with E-state index in [1.807, 2.05) is 0 Å². The van der Waals surface area contributed by atoms with E-state index in [-0.39, 0.29) is 5.91 Å². The molecule has 20 heavy (non-hydrogen) atoms. The second-order valence-corrected chi connectivity index (χ2v) is 5.51. The smallest absolute Gasteiger partial charge is 0.259 e. The average molecular weight is 290 g/mol. The van der Waals surface area contributed by atoms with E-state index in [2.05, 4.69) is 29.4 Å². The summed E-state index contributed by atoms with van der Waals surface area (Å²) in [5.74, 6) is 0.148. The molecule has 0 aliphatic carbocycles. The molecule has 3 N–H and O–H groups in total. The van der Waals surface area contributed by atoms with Crippen LogP contribution in [0.4, 0.5) is 10.8 Å². The van der Waals surface area contributed by atoms with E-state index >= 15 is 0 Å². The number of para-hydroxylation sites is 1. The molecule has 6 heteroatoms. The lowest BCUT2D eigenvalue weighted by atomic mass is 10.1. The molecule has 1 heterocycles. The first-order valence-corrected chi connectivity index (χ1v) is 7.46. The number of carbonyl (C=O) groups excluding carboxylic acids is 1. The Hall–Kier alpha value is -1.95. The molecule has 0 atom stereocenters. The highest BCUT2D eigenvalue weighted by Crippen LogP contribution is 2.28. The molecule has 1 amide bonds. The van der Waals surface area contributed by atoms with E-state index in [1.54, 1.807) is 24.3 Å². The van der Waals surface area contributed by atoms with Crippen molar-refractivity contribution in [2.45, 2.75) is 32.6 Å². The predicted octanol–water partition coefficient (Wildman–Crippen LogP) is 3.28. The van der Waals surface area contributed by atoms with Crippen molar-refractivity contribution in [3.05, 3.63) is 34.8 Å². The Balaban J connectivity index is 2.11. The number of rotatable bonds is 5. The average Bonchev–Trinajstić information content (AvgIpc) is 2.89. The van der Waals surface area contributed by atoms with Crippen LogP contribution in [0, 0.1) is 0 Å². The molecule has 2 aromatic rings. The number of nitrogens with two attached hydrogens (primary N) is 1. The Bertz CT molecular complexity index is 592. The van der Waals surface area contributed by atoms with Gasteiger partial charge in [-0.15, -0.1) is 10.2 Å². The number of benzene rings is 1. The topological polar surface area (TPSA) is 80.9 Å². The number of hydrogen-bond donors (Lipinski definition) is 2. The first kappa shape index (κ1) is 14.5. The van der Waals surface area contributed by atoms with Crippen molar-refractivity contribution in [2.24, 2.45) is 0 Å². The summed E-state index contributed by atoms with van der Waals surface area (Å²) in [6.45, 7) is 4.25. The molecular weight excluding hydrogens is 272 g/mol. The van der Waals surface area contributed by atoms with Gasteiger partial charge in [0.25, 0.3) is 5.91 Å². The molecule has 106 valence electrons. The highest BCUT2D eigenvalue weighted by molar-refractivity contribution is 7.15. The number of amides is 1. The zero-order valence-corrected chi connectivity index (χ0v) is 12.4. The number of nitrogens with one attached hydrogen (secondary N) is 1. The Morgan fingerprint density at radius 1 is 1.30 bits per heavy atom. The maximum absolute atomic E-state index is 12.1. The standard InChI is InChI=1S/C14H18N4OS/c1-3-9(4-2)13-17-18-14(20-13)16-12(19)10-7-5-6-8-11(10)15/h5-9H,3-4,15H2,1-2H3,(H,16,18,19). The normalized spacial score (nSPS) is 10.8. The van der Waals surface area contributed by atoms with Gasteiger partial charge in [-0.25, -0.2) is 0 Å². The molecule has 0 unspecified atom stereocenters. The molecule has 1 aromatic heterocycles. The summed E-state index contributed by atoms with van der Waals surface area (Å²) in [6.07, 6.45) is 2.04. The first-order chi connectivity index (χ1) is 9.65. The van der Waals surface area contributed by atoms with Crippen molar-refractivity contribution in [1.82, 2.24) is 10.2 Å². The molecule has 0 aliphatic rings. The summed E-state index contributed by atoms with van der Waals surface area (Å²) in [5.41, 5.74) is 6.68. The number of hydrogen-bond acceptors (Lipinski definition) is 5. The van der Waals surface area contributed by atoms with Gasteiger partial charge in [0.05, 0.1) is 5.56 Å². The van der Waals surface area contributed by atoms with E-state index < -0.39 is 0 Å². The lowest BCUT2D eigenvalue weighted by molar-refractivity contribution is 0.102. The van der Waals surface area contributed by atoms with Crippen LogP contribution in [-0.2, 0) is 0 Å². The van der Waals surface area contributed by atoms with Crippen molar-refractivity contribution >= 4 is 28.1 Å². The molecule has 0 radical (unpaired) electrons. The highest BCUT2D eigenvalue weighted by atomic mass is 32.1.